The predicted octanol–water partition coefficient (Wildman–Crippen LogP) is 3.00. The third kappa shape index (κ3) is 3.16. The maximum absolute atomic E-state index is 11.6. The summed E-state index contributed by atoms with van der Waals surface area (Å²) in [5.41, 5.74) is 3.87. The van der Waals surface area contributed by atoms with E-state index in [-0.39, 0.29) is 17.1 Å². The Labute approximate surface area is 166 Å². The van der Waals surface area contributed by atoms with Crippen LogP contribution in [0.25, 0.3) is 27.9 Å². The number of aromatic carboxylic acids is 1. The van der Waals surface area contributed by atoms with Gasteiger partial charge in [0.15, 0.2) is 5.65 Å². The lowest BCUT2D eigenvalue weighted by Crippen LogP contribution is -2.04. The first-order valence-corrected chi connectivity index (χ1v) is 8.91. The number of aromatic nitrogens is 5. The molecule has 0 unspecified atom stereocenters. The lowest BCUT2D eigenvalue weighted by Gasteiger charge is -2.12. The van der Waals surface area contributed by atoms with E-state index in [1.807, 2.05) is 24.0 Å². The summed E-state index contributed by atoms with van der Waals surface area (Å²) in [4.78, 5) is 16.1. The molecular weight excluding hydrogens is 374 g/mol. The minimum atomic E-state index is -1.12. The molecule has 148 valence electrons. The summed E-state index contributed by atoms with van der Waals surface area (Å²) in [6.45, 7) is 2.81. The fraction of sp³-hybridized carbons (Fsp3) is 0.200. The average Bonchev–Trinajstić information content (AvgIpc) is 3.38. The molecule has 9 nitrogen and oxygen atoms in total. The number of carbonyl (C=O) groups is 1. The number of nitrogens with zero attached hydrogens (tertiary/aromatic N) is 5. The van der Waals surface area contributed by atoms with Crippen LogP contribution in [0.15, 0.2) is 43.1 Å². The van der Waals surface area contributed by atoms with E-state index in [0.29, 0.717) is 11.2 Å². The van der Waals surface area contributed by atoms with E-state index < -0.39 is 5.97 Å². The summed E-state index contributed by atoms with van der Waals surface area (Å²) in [5.74, 6) is -0.717. The van der Waals surface area contributed by atoms with Gasteiger partial charge >= 0.3 is 5.97 Å². The number of hydrogen-bond acceptors (Lipinski definition) is 6. The highest BCUT2D eigenvalue weighted by atomic mass is 16.5. The standard InChI is InChI=1S/C20H19N5O4/c1-4-24-10-14(8-22-24)13-7-21-19-15(9-23-25(19)11-13)12-5-16(28-2)18(20(26)27)17(6-12)29-3/h5-11H,4H2,1-3H3,(H,26,27). The van der Waals surface area contributed by atoms with Gasteiger partial charge < -0.3 is 14.6 Å². The molecule has 0 saturated carbocycles. The van der Waals surface area contributed by atoms with Crippen molar-refractivity contribution in [2.75, 3.05) is 14.2 Å². The molecule has 9 heteroatoms. The Morgan fingerprint density at radius 2 is 1.69 bits per heavy atom. The summed E-state index contributed by atoms with van der Waals surface area (Å²) < 4.78 is 14.1. The molecule has 0 radical (unpaired) electrons. The first-order chi connectivity index (χ1) is 14.0. The van der Waals surface area contributed by atoms with Crippen LogP contribution < -0.4 is 9.47 Å². The van der Waals surface area contributed by atoms with Gasteiger partial charge in [-0.05, 0) is 24.6 Å². The highest BCUT2D eigenvalue weighted by Crippen LogP contribution is 2.36. The van der Waals surface area contributed by atoms with Crippen molar-refractivity contribution in [1.29, 1.82) is 0 Å². The number of hydrogen-bond donors (Lipinski definition) is 1. The predicted molar refractivity (Wildman–Crippen MR) is 105 cm³/mol. The van der Waals surface area contributed by atoms with Crippen LogP contribution in [0.2, 0.25) is 0 Å². The fourth-order valence-corrected chi connectivity index (χ4v) is 3.19. The Morgan fingerprint density at radius 1 is 1.00 bits per heavy atom. The summed E-state index contributed by atoms with van der Waals surface area (Å²) >= 11 is 0. The van der Waals surface area contributed by atoms with Gasteiger partial charge in [0.1, 0.15) is 17.1 Å². The average molecular weight is 393 g/mol. The van der Waals surface area contributed by atoms with Gasteiger partial charge in [0, 0.05) is 41.8 Å². The summed E-state index contributed by atoms with van der Waals surface area (Å²) in [7, 11) is 2.84. The quantitative estimate of drug-likeness (QED) is 0.537. The van der Waals surface area contributed by atoms with E-state index in [0.717, 1.165) is 23.2 Å². The molecule has 0 bridgehead atoms. The van der Waals surface area contributed by atoms with E-state index in [4.69, 9.17) is 9.47 Å². The number of ether oxygens (including phenoxy) is 2. The normalized spacial score (nSPS) is 11.0. The number of aryl methyl sites for hydroxylation is 1. The Bertz CT molecular complexity index is 1190. The van der Waals surface area contributed by atoms with Crippen LogP contribution in [0.1, 0.15) is 17.3 Å². The van der Waals surface area contributed by atoms with Gasteiger partial charge in [-0.15, -0.1) is 0 Å². The summed E-state index contributed by atoms with van der Waals surface area (Å²) in [5, 5.41) is 18.2. The van der Waals surface area contributed by atoms with Crippen molar-refractivity contribution in [3.63, 3.8) is 0 Å². The number of fused-ring (bicyclic) bond motifs is 1. The lowest BCUT2D eigenvalue weighted by atomic mass is 10.0. The first kappa shape index (κ1) is 18.5. The number of carboxylic acid groups (broad SMARTS) is 1. The van der Waals surface area contributed by atoms with Crippen LogP contribution in [0.5, 0.6) is 11.5 Å². The van der Waals surface area contributed by atoms with Crippen molar-refractivity contribution in [3.05, 3.63) is 48.7 Å². The van der Waals surface area contributed by atoms with Crippen LogP contribution >= 0.6 is 0 Å². The largest absolute Gasteiger partial charge is 0.496 e. The Kier molecular flexibility index (Phi) is 4.63. The van der Waals surface area contributed by atoms with E-state index in [1.54, 1.807) is 35.2 Å². The zero-order chi connectivity index (χ0) is 20.5. The van der Waals surface area contributed by atoms with Gasteiger partial charge in [-0.3, -0.25) is 4.68 Å². The van der Waals surface area contributed by atoms with Crippen LogP contribution in [0.4, 0.5) is 0 Å². The third-order valence-corrected chi connectivity index (χ3v) is 4.68. The van der Waals surface area contributed by atoms with Crippen LogP contribution in [-0.4, -0.2) is 49.7 Å². The van der Waals surface area contributed by atoms with Gasteiger partial charge in [0.05, 0.1) is 26.6 Å². The molecule has 0 amide bonds. The molecule has 3 aromatic heterocycles. The molecule has 0 aliphatic heterocycles. The van der Waals surface area contributed by atoms with Gasteiger partial charge in [-0.1, -0.05) is 0 Å². The lowest BCUT2D eigenvalue weighted by molar-refractivity contribution is 0.0689. The second kappa shape index (κ2) is 7.27. The molecule has 0 spiro atoms. The van der Waals surface area contributed by atoms with Crippen molar-refractivity contribution in [2.24, 2.45) is 0 Å². The van der Waals surface area contributed by atoms with Crippen molar-refractivity contribution < 1.29 is 19.4 Å². The highest BCUT2D eigenvalue weighted by molar-refractivity contribution is 5.96. The van der Waals surface area contributed by atoms with Gasteiger partial charge in [0.25, 0.3) is 0 Å². The monoisotopic (exact) mass is 393 g/mol. The number of benzene rings is 1. The first-order valence-electron chi connectivity index (χ1n) is 8.91. The Morgan fingerprint density at radius 3 is 2.28 bits per heavy atom. The number of methoxy groups -OCH3 is 2. The third-order valence-electron chi connectivity index (χ3n) is 4.68. The summed E-state index contributed by atoms with van der Waals surface area (Å²) in [6.07, 6.45) is 9.06. The van der Waals surface area contributed by atoms with Crippen molar-refractivity contribution in [1.82, 2.24) is 24.4 Å². The molecule has 1 aromatic carbocycles. The Balaban J connectivity index is 1.81. The van der Waals surface area contributed by atoms with Crippen molar-refractivity contribution in [2.45, 2.75) is 13.5 Å². The molecule has 29 heavy (non-hydrogen) atoms. The minimum absolute atomic E-state index is 0.0293. The SMILES string of the molecule is CCn1cc(-c2cnc3c(-c4cc(OC)c(C(=O)O)c(OC)c4)cnn3c2)cn1. The maximum atomic E-state index is 11.6. The zero-order valence-electron chi connectivity index (χ0n) is 16.2. The number of rotatable bonds is 6. The molecular formula is C20H19N5O4. The molecule has 3 heterocycles. The van der Waals surface area contributed by atoms with E-state index in [9.17, 15) is 9.90 Å². The van der Waals surface area contributed by atoms with Gasteiger partial charge in [-0.25, -0.2) is 14.3 Å². The minimum Gasteiger partial charge on any atom is -0.496 e. The van der Waals surface area contributed by atoms with E-state index >= 15 is 0 Å². The van der Waals surface area contributed by atoms with Gasteiger partial charge in [-0.2, -0.15) is 10.2 Å². The molecule has 0 atom stereocenters. The molecule has 0 saturated heterocycles. The maximum Gasteiger partial charge on any atom is 0.343 e. The molecule has 1 N–H and O–H groups in total. The van der Waals surface area contributed by atoms with Crippen molar-refractivity contribution in [3.8, 4) is 33.8 Å². The Hall–Kier alpha value is -3.88. The van der Waals surface area contributed by atoms with Gasteiger partial charge in [0.2, 0.25) is 0 Å². The molecule has 0 aliphatic rings. The number of carboxylic acids is 1. The second-order valence-electron chi connectivity index (χ2n) is 6.31. The molecule has 0 aliphatic carbocycles. The highest BCUT2D eigenvalue weighted by Gasteiger charge is 2.21. The molecule has 4 aromatic rings. The fourth-order valence-electron chi connectivity index (χ4n) is 3.19. The van der Waals surface area contributed by atoms with Crippen molar-refractivity contribution >= 4 is 11.6 Å². The van der Waals surface area contributed by atoms with Crippen LogP contribution in [-0.2, 0) is 6.54 Å². The van der Waals surface area contributed by atoms with Crippen LogP contribution in [0, 0.1) is 0 Å². The van der Waals surface area contributed by atoms with Crippen LogP contribution in [0.3, 0.4) is 0 Å². The topological polar surface area (TPSA) is 104 Å². The second-order valence-corrected chi connectivity index (χ2v) is 6.31. The summed E-state index contributed by atoms with van der Waals surface area (Å²) in [6, 6.07) is 3.29. The van der Waals surface area contributed by atoms with E-state index in [2.05, 4.69) is 15.2 Å². The molecule has 4 rings (SSSR count). The zero-order valence-corrected chi connectivity index (χ0v) is 16.2. The van der Waals surface area contributed by atoms with E-state index in [1.165, 1.54) is 14.2 Å². The smallest absolute Gasteiger partial charge is 0.343 e. The molecule has 0 fully saturated rings.